The molecule has 0 radical (unpaired) electrons. The van der Waals surface area contributed by atoms with Crippen molar-refractivity contribution >= 4 is 17.7 Å². The van der Waals surface area contributed by atoms with Gasteiger partial charge in [0.05, 0.1) is 11.0 Å². The molecule has 1 aromatic heterocycles. The summed E-state index contributed by atoms with van der Waals surface area (Å²) in [6.45, 7) is 3.85. The molecule has 0 bridgehead atoms. The van der Waals surface area contributed by atoms with Crippen LogP contribution < -0.4 is 11.1 Å². The fourth-order valence-electron chi connectivity index (χ4n) is 1.88. The molecule has 0 fully saturated rings. The molecule has 19 heavy (non-hydrogen) atoms. The topological polar surface area (TPSA) is 105 Å². The van der Waals surface area contributed by atoms with Crippen LogP contribution in [0.2, 0.25) is 0 Å². The lowest BCUT2D eigenvalue weighted by molar-refractivity contribution is -0.148. The van der Waals surface area contributed by atoms with Crippen molar-refractivity contribution in [2.45, 2.75) is 26.7 Å². The first-order chi connectivity index (χ1) is 8.96. The fourth-order valence-corrected chi connectivity index (χ4v) is 1.88. The summed E-state index contributed by atoms with van der Waals surface area (Å²) in [6.07, 6.45) is 2.50. The van der Waals surface area contributed by atoms with Gasteiger partial charge in [-0.1, -0.05) is 13.8 Å². The lowest BCUT2D eigenvalue weighted by Gasteiger charge is -2.27. The molecule has 0 atom stereocenters. The zero-order valence-electron chi connectivity index (χ0n) is 11.1. The number of carboxylic acid groups (broad SMARTS) is 1. The molecule has 1 amide bonds. The van der Waals surface area contributed by atoms with E-state index in [1.165, 1.54) is 6.20 Å². The van der Waals surface area contributed by atoms with Crippen LogP contribution in [0.5, 0.6) is 0 Å². The number of hydrogen-bond donors (Lipinski definition) is 3. The maximum absolute atomic E-state index is 11.4. The number of carboxylic acids is 1. The van der Waals surface area contributed by atoms with Crippen LogP contribution in [0, 0.1) is 5.41 Å². The van der Waals surface area contributed by atoms with E-state index >= 15 is 0 Å². The summed E-state index contributed by atoms with van der Waals surface area (Å²) in [5.74, 6) is -1.13. The second-order valence-corrected chi connectivity index (χ2v) is 4.41. The Morgan fingerprint density at radius 3 is 2.53 bits per heavy atom. The molecule has 0 aliphatic heterocycles. The summed E-state index contributed by atoms with van der Waals surface area (Å²) in [6, 6.07) is 3.16. The van der Waals surface area contributed by atoms with Crippen LogP contribution in [0.1, 0.15) is 37.0 Å². The number of nitrogens with one attached hydrogen (secondary N) is 1. The normalized spacial score (nSPS) is 11.1. The van der Waals surface area contributed by atoms with Gasteiger partial charge in [0.25, 0.3) is 5.91 Å². The molecule has 0 saturated heterocycles. The quantitative estimate of drug-likeness (QED) is 0.692. The molecular formula is C13H19N3O3. The molecule has 0 aliphatic carbocycles. The fraction of sp³-hybridized carbons (Fsp3) is 0.462. The van der Waals surface area contributed by atoms with Gasteiger partial charge in [0.15, 0.2) is 0 Å². The highest BCUT2D eigenvalue weighted by molar-refractivity contribution is 5.97. The summed E-state index contributed by atoms with van der Waals surface area (Å²) < 4.78 is 0. The van der Waals surface area contributed by atoms with Crippen LogP contribution in [0.4, 0.5) is 5.82 Å². The predicted molar refractivity (Wildman–Crippen MR) is 71.9 cm³/mol. The summed E-state index contributed by atoms with van der Waals surface area (Å²) in [4.78, 5) is 26.6. The number of nitrogens with two attached hydrogens (primary N) is 1. The molecular weight excluding hydrogens is 246 g/mol. The molecule has 104 valence electrons. The van der Waals surface area contributed by atoms with Crippen LogP contribution in [-0.2, 0) is 4.79 Å². The average molecular weight is 265 g/mol. The van der Waals surface area contributed by atoms with Gasteiger partial charge in [-0.05, 0) is 25.0 Å². The molecule has 0 aromatic carbocycles. The number of anilines is 1. The van der Waals surface area contributed by atoms with Crippen molar-refractivity contribution in [2.24, 2.45) is 11.1 Å². The summed E-state index contributed by atoms with van der Waals surface area (Å²) >= 11 is 0. The van der Waals surface area contributed by atoms with Crippen molar-refractivity contribution in [3.05, 3.63) is 23.9 Å². The van der Waals surface area contributed by atoms with Crippen molar-refractivity contribution in [1.29, 1.82) is 0 Å². The summed E-state index contributed by atoms with van der Waals surface area (Å²) in [5, 5.41) is 12.3. The maximum Gasteiger partial charge on any atom is 0.311 e. The Kier molecular flexibility index (Phi) is 4.86. The van der Waals surface area contributed by atoms with Gasteiger partial charge in [0, 0.05) is 12.7 Å². The molecule has 1 aromatic rings. The van der Waals surface area contributed by atoms with Crippen LogP contribution in [-0.4, -0.2) is 28.5 Å². The van der Waals surface area contributed by atoms with Gasteiger partial charge in [0.2, 0.25) is 0 Å². The van der Waals surface area contributed by atoms with Crippen molar-refractivity contribution in [2.75, 3.05) is 11.9 Å². The Balaban J connectivity index is 2.92. The number of nitrogens with zero attached hydrogens (tertiary/aromatic N) is 1. The lowest BCUT2D eigenvalue weighted by Crippen LogP contribution is -2.37. The van der Waals surface area contributed by atoms with Crippen LogP contribution in [0.15, 0.2) is 18.3 Å². The smallest absolute Gasteiger partial charge is 0.311 e. The van der Waals surface area contributed by atoms with Crippen molar-refractivity contribution in [3.63, 3.8) is 0 Å². The number of primary amides is 1. The predicted octanol–water partition coefficient (Wildman–Crippen LogP) is 1.48. The number of aliphatic carboxylic acids is 1. The minimum Gasteiger partial charge on any atom is -0.481 e. The second-order valence-electron chi connectivity index (χ2n) is 4.41. The lowest BCUT2D eigenvalue weighted by atomic mass is 9.82. The first kappa shape index (κ1) is 14.9. The zero-order valence-corrected chi connectivity index (χ0v) is 11.1. The number of pyridine rings is 1. The number of carbonyl (C=O) groups excluding carboxylic acids is 1. The van der Waals surface area contributed by atoms with Gasteiger partial charge < -0.3 is 16.2 Å². The van der Waals surface area contributed by atoms with Crippen molar-refractivity contribution < 1.29 is 14.7 Å². The van der Waals surface area contributed by atoms with Gasteiger partial charge in [-0.15, -0.1) is 0 Å². The van der Waals surface area contributed by atoms with E-state index in [0.29, 0.717) is 18.7 Å². The Labute approximate surface area is 112 Å². The number of carbonyl (C=O) groups is 2. The van der Waals surface area contributed by atoms with Crippen LogP contribution in [0.3, 0.4) is 0 Å². The molecule has 0 spiro atoms. The van der Waals surface area contributed by atoms with Gasteiger partial charge in [-0.25, -0.2) is 4.98 Å². The van der Waals surface area contributed by atoms with Crippen LogP contribution in [0.25, 0.3) is 0 Å². The minimum absolute atomic E-state index is 0.201. The third kappa shape index (κ3) is 3.21. The average Bonchev–Trinajstić information content (AvgIpc) is 2.40. The SMILES string of the molecule is CCC(CC)(CNc1ncccc1C(N)=O)C(=O)O. The first-order valence-electron chi connectivity index (χ1n) is 6.19. The number of amides is 1. The molecule has 0 unspecified atom stereocenters. The third-order valence-corrected chi connectivity index (χ3v) is 3.47. The highest BCUT2D eigenvalue weighted by Gasteiger charge is 2.34. The van der Waals surface area contributed by atoms with E-state index in [1.54, 1.807) is 12.1 Å². The molecule has 6 nitrogen and oxygen atoms in total. The monoisotopic (exact) mass is 265 g/mol. The first-order valence-corrected chi connectivity index (χ1v) is 6.19. The van der Waals surface area contributed by atoms with Crippen molar-refractivity contribution in [1.82, 2.24) is 4.98 Å². The van der Waals surface area contributed by atoms with E-state index in [1.807, 2.05) is 13.8 Å². The van der Waals surface area contributed by atoms with E-state index in [2.05, 4.69) is 10.3 Å². The molecule has 0 saturated carbocycles. The van der Waals surface area contributed by atoms with E-state index in [-0.39, 0.29) is 12.1 Å². The maximum atomic E-state index is 11.4. The van der Waals surface area contributed by atoms with Gasteiger partial charge in [-0.3, -0.25) is 9.59 Å². The number of aromatic nitrogens is 1. The van der Waals surface area contributed by atoms with E-state index in [4.69, 9.17) is 5.73 Å². The minimum atomic E-state index is -0.869. The van der Waals surface area contributed by atoms with Gasteiger partial charge >= 0.3 is 5.97 Å². The Morgan fingerprint density at radius 1 is 1.42 bits per heavy atom. The Hall–Kier alpha value is -2.11. The number of rotatable bonds is 7. The molecule has 0 aliphatic rings. The Morgan fingerprint density at radius 2 is 2.05 bits per heavy atom. The van der Waals surface area contributed by atoms with E-state index in [9.17, 15) is 14.7 Å². The summed E-state index contributed by atoms with van der Waals surface area (Å²) in [5.41, 5.74) is 4.63. The van der Waals surface area contributed by atoms with E-state index < -0.39 is 17.3 Å². The van der Waals surface area contributed by atoms with Gasteiger partial charge in [0.1, 0.15) is 5.82 Å². The molecule has 4 N–H and O–H groups in total. The van der Waals surface area contributed by atoms with Crippen molar-refractivity contribution in [3.8, 4) is 0 Å². The summed E-state index contributed by atoms with van der Waals surface area (Å²) in [7, 11) is 0. The second kappa shape index (κ2) is 6.17. The third-order valence-electron chi connectivity index (χ3n) is 3.47. The number of hydrogen-bond acceptors (Lipinski definition) is 4. The highest BCUT2D eigenvalue weighted by atomic mass is 16.4. The molecule has 1 heterocycles. The largest absolute Gasteiger partial charge is 0.481 e. The molecule has 1 rings (SSSR count). The van der Waals surface area contributed by atoms with Crippen LogP contribution >= 0.6 is 0 Å². The van der Waals surface area contributed by atoms with Gasteiger partial charge in [-0.2, -0.15) is 0 Å². The zero-order chi connectivity index (χ0) is 14.5. The standard InChI is InChI=1S/C13H19N3O3/c1-3-13(4-2,12(18)19)8-16-11-9(10(14)17)6-5-7-15-11/h5-7H,3-4,8H2,1-2H3,(H2,14,17)(H,15,16)(H,18,19). The highest BCUT2D eigenvalue weighted by Crippen LogP contribution is 2.27. The Bertz CT molecular complexity index is 470. The van der Waals surface area contributed by atoms with E-state index in [0.717, 1.165) is 0 Å². The molecule has 6 heteroatoms.